The quantitative estimate of drug-likeness (QED) is 0.518. The molecule has 0 radical (unpaired) electrons. The minimum absolute atomic E-state index is 0.0679. The maximum atomic E-state index is 12.5. The molecule has 3 aromatic rings. The van der Waals surface area contributed by atoms with Gasteiger partial charge in [0.15, 0.2) is 0 Å². The Hall–Kier alpha value is -3.60. The zero-order valence-electron chi connectivity index (χ0n) is 18.1. The predicted molar refractivity (Wildman–Crippen MR) is 124 cm³/mol. The van der Waals surface area contributed by atoms with E-state index >= 15 is 0 Å². The molecule has 164 valence electrons. The molecule has 1 atom stereocenters. The summed E-state index contributed by atoms with van der Waals surface area (Å²) in [4.78, 5) is 24.4. The Morgan fingerprint density at radius 3 is 2.06 bits per heavy atom. The van der Waals surface area contributed by atoms with Gasteiger partial charge in [0.1, 0.15) is 12.6 Å². The summed E-state index contributed by atoms with van der Waals surface area (Å²) in [5, 5.41) is 12.2. The first-order valence-corrected chi connectivity index (χ1v) is 11.0. The highest BCUT2D eigenvalue weighted by Crippen LogP contribution is 2.44. The van der Waals surface area contributed by atoms with Crippen molar-refractivity contribution in [2.75, 3.05) is 6.61 Å². The molecule has 0 aliphatic heterocycles. The zero-order valence-corrected chi connectivity index (χ0v) is 18.1. The molecule has 1 aliphatic carbocycles. The standard InChI is InChI=1S/C27H27NO4/c1-2-9-18-10-3-4-11-19(18)16-25(26(29)30)28-27(31)32-17-24-22-14-7-5-12-20(22)21-13-6-8-15-23(21)24/h3-8,10-15,24-25H,2,9,16-17H2,1H3,(H,28,31)(H,29,30). The van der Waals surface area contributed by atoms with E-state index in [0.717, 1.165) is 46.2 Å². The number of nitrogens with one attached hydrogen (secondary N) is 1. The fraction of sp³-hybridized carbons (Fsp3) is 0.259. The first kappa shape index (κ1) is 21.6. The summed E-state index contributed by atoms with van der Waals surface area (Å²) in [5.74, 6) is -1.15. The lowest BCUT2D eigenvalue weighted by Crippen LogP contribution is -2.43. The number of benzene rings is 3. The van der Waals surface area contributed by atoms with Gasteiger partial charge >= 0.3 is 12.1 Å². The van der Waals surface area contributed by atoms with Crippen LogP contribution in [0.3, 0.4) is 0 Å². The van der Waals surface area contributed by atoms with Crippen molar-refractivity contribution in [3.05, 3.63) is 95.1 Å². The Balaban J connectivity index is 1.44. The van der Waals surface area contributed by atoms with Gasteiger partial charge in [-0.25, -0.2) is 9.59 Å². The molecule has 5 nitrogen and oxygen atoms in total. The monoisotopic (exact) mass is 429 g/mol. The molecule has 0 fully saturated rings. The molecule has 0 heterocycles. The molecule has 5 heteroatoms. The zero-order chi connectivity index (χ0) is 22.5. The van der Waals surface area contributed by atoms with Crippen LogP contribution in [0.4, 0.5) is 4.79 Å². The van der Waals surface area contributed by atoms with E-state index in [1.54, 1.807) is 0 Å². The van der Waals surface area contributed by atoms with E-state index < -0.39 is 18.1 Å². The fourth-order valence-corrected chi connectivity index (χ4v) is 4.47. The molecular formula is C27H27NO4. The van der Waals surface area contributed by atoms with Crippen molar-refractivity contribution >= 4 is 12.1 Å². The second kappa shape index (κ2) is 9.69. The maximum Gasteiger partial charge on any atom is 0.407 e. The van der Waals surface area contributed by atoms with Gasteiger partial charge in [-0.3, -0.25) is 0 Å². The maximum absolute atomic E-state index is 12.5. The number of alkyl carbamates (subject to hydrolysis) is 1. The normalized spacial score (nSPS) is 13.2. The van der Waals surface area contributed by atoms with Crippen molar-refractivity contribution in [2.24, 2.45) is 0 Å². The third-order valence-corrected chi connectivity index (χ3v) is 6.00. The van der Waals surface area contributed by atoms with E-state index in [4.69, 9.17) is 4.74 Å². The van der Waals surface area contributed by atoms with Crippen LogP contribution in [0, 0.1) is 0 Å². The van der Waals surface area contributed by atoms with Gasteiger partial charge in [-0.05, 0) is 39.8 Å². The van der Waals surface area contributed by atoms with Crippen LogP contribution in [0.15, 0.2) is 72.8 Å². The van der Waals surface area contributed by atoms with Crippen molar-refractivity contribution in [1.29, 1.82) is 0 Å². The van der Waals surface area contributed by atoms with Crippen LogP contribution in [-0.2, 0) is 22.4 Å². The summed E-state index contributed by atoms with van der Waals surface area (Å²) in [6, 6.07) is 22.9. The second-order valence-corrected chi connectivity index (χ2v) is 8.08. The van der Waals surface area contributed by atoms with E-state index in [0.29, 0.717) is 0 Å². The molecule has 0 aromatic heterocycles. The second-order valence-electron chi connectivity index (χ2n) is 8.08. The molecular weight excluding hydrogens is 402 g/mol. The first-order chi connectivity index (χ1) is 15.6. The molecule has 2 N–H and O–H groups in total. The molecule has 1 aliphatic rings. The van der Waals surface area contributed by atoms with Crippen LogP contribution in [0.25, 0.3) is 11.1 Å². The van der Waals surface area contributed by atoms with E-state index in [2.05, 4.69) is 24.4 Å². The van der Waals surface area contributed by atoms with Gasteiger partial charge in [-0.1, -0.05) is 86.1 Å². The molecule has 1 unspecified atom stereocenters. The molecule has 0 spiro atoms. The van der Waals surface area contributed by atoms with Crippen LogP contribution in [-0.4, -0.2) is 29.8 Å². The summed E-state index contributed by atoms with van der Waals surface area (Å²) in [5.41, 5.74) is 6.56. The highest BCUT2D eigenvalue weighted by Gasteiger charge is 2.30. The number of carbonyl (C=O) groups excluding carboxylic acids is 1. The Kier molecular flexibility index (Phi) is 6.55. The Bertz CT molecular complexity index is 1080. The Morgan fingerprint density at radius 1 is 0.906 bits per heavy atom. The van der Waals surface area contributed by atoms with Crippen LogP contribution in [0.5, 0.6) is 0 Å². The van der Waals surface area contributed by atoms with Crippen LogP contribution < -0.4 is 5.32 Å². The third-order valence-electron chi connectivity index (χ3n) is 6.00. The largest absolute Gasteiger partial charge is 0.480 e. The average Bonchev–Trinajstić information content (AvgIpc) is 3.12. The van der Waals surface area contributed by atoms with Crippen molar-refractivity contribution in [3.63, 3.8) is 0 Å². The van der Waals surface area contributed by atoms with Crippen LogP contribution >= 0.6 is 0 Å². The molecule has 3 aromatic carbocycles. The minimum atomic E-state index is -1.08. The van der Waals surface area contributed by atoms with Gasteiger partial charge in [0.2, 0.25) is 0 Å². The lowest BCUT2D eigenvalue weighted by Gasteiger charge is -2.18. The lowest BCUT2D eigenvalue weighted by molar-refractivity contribution is -0.139. The first-order valence-electron chi connectivity index (χ1n) is 11.0. The highest BCUT2D eigenvalue weighted by atomic mass is 16.5. The van der Waals surface area contributed by atoms with Crippen LogP contribution in [0.2, 0.25) is 0 Å². The van der Waals surface area contributed by atoms with Crippen molar-refractivity contribution in [1.82, 2.24) is 5.32 Å². The van der Waals surface area contributed by atoms with Gasteiger partial charge in [0, 0.05) is 12.3 Å². The number of aryl methyl sites for hydroxylation is 1. The van der Waals surface area contributed by atoms with Gasteiger partial charge in [0.25, 0.3) is 0 Å². The number of carboxylic acid groups (broad SMARTS) is 1. The number of amides is 1. The number of carboxylic acids is 1. The third kappa shape index (κ3) is 4.52. The van der Waals surface area contributed by atoms with Crippen LogP contribution in [0.1, 0.15) is 41.5 Å². The van der Waals surface area contributed by atoms with E-state index in [1.807, 2.05) is 60.7 Å². The number of rotatable bonds is 8. The van der Waals surface area contributed by atoms with E-state index in [1.165, 1.54) is 0 Å². The summed E-state index contributed by atoms with van der Waals surface area (Å²) in [7, 11) is 0. The molecule has 32 heavy (non-hydrogen) atoms. The van der Waals surface area contributed by atoms with Crippen molar-refractivity contribution in [2.45, 2.75) is 38.1 Å². The molecule has 4 rings (SSSR count). The fourth-order valence-electron chi connectivity index (χ4n) is 4.47. The number of hydrogen-bond acceptors (Lipinski definition) is 3. The number of aliphatic carboxylic acids is 1. The number of hydrogen-bond donors (Lipinski definition) is 2. The van der Waals surface area contributed by atoms with Gasteiger partial charge in [-0.15, -0.1) is 0 Å². The summed E-state index contributed by atoms with van der Waals surface area (Å²) < 4.78 is 5.52. The van der Waals surface area contributed by atoms with E-state index in [9.17, 15) is 14.7 Å². The van der Waals surface area contributed by atoms with Gasteiger partial charge in [-0.2, -0.15) is 0 Å². The average molecular weight is 430 g/mol. The number of carbonyl (C=O) groups is 2. The molecule has 1 amide bonds. The van der Waals surface area contributed by atoms with Gasteiger partial charge in [0.05, 0.1) is 0 Å². The highest BCUT2D eigenvalue weighted by molar-refractivity contribution is 5.81. The summed E-state index contributed by atoms with van der Waals surface area (Å²) in [6.45, 7) is 2.24. The summed E-state index contributed by atoms with van der Waals surface area (Å²) >= 11 is 0. The molecule has 0 saturated heterocycles. The van der Waals surface area contributed by atoms with E-state index in [-0.39, 0.29) is 18.9 Å². The Labute approximate surface area is 188 Å². The predicted octanol–water partition coefficient (Wildman–Crippen LogP) is 5.17. The molecule has 0 saturated carbocycles. The molecule has 0 bridgehead atoms. The Morgan fingerprint density at radius 2 is 1.47 bits per heavy atom. The van der Waals surface area contributed by atoms with Crippen molar-refractivity contribution < 1.29 is 19.4 Å². The summed E-state index contributed by atoms with van der Waals surface area (Å²) in [6.07, 6.45) is 1.34. The smallest absolute Gasteiger partial charge is 0.407 e. The number of fused-ring (bicyclic) bond motifs is 3. The van der Waals surface area contributed by atoms with Crippen molar-refractivity contribution in [3.8, 4) is 11.1 Å². The number of ether oxygens (including phenoxy) is 1. The van der Waals surface area contributed by atoms with Gasteiger partial charge < -0.3 is 15.2 Å². The SMILES string of the molecule is CCCc1ccccc1CC(NC(=O)OCC1c2ccccc2-c2ccccc21)C(=O)O. The topological polar surface area (TPSA) is 75.6 Å². The minimum Gasteiger partial charge on any atom is -0.480 e. The lowest BCUT2D eigenvalue weighted by atomic mass is 9.97.